The van der Waals surface area contributed by atoms with Crippen LogP contribution < -0.4 is 0 Å². The fourth-order valence-corrected chi connectivity index (χ4v) is 2.18. The Morgan fingerprint density at radius 2 is 1.84 bits per heavy atom. The van der Waals surface area contributed by atoms with E-state index in [1.165, 1.54) is 12.5 Å². The van der Waals surface area contributed by atoms with E-state index in [0.29, 0.717) is 24.3 Å². The van der Waals surface area contributed by atoms with Crippen LogP contribution in [0.15, 0.2) is 48.6 Å². The van der Waals surface area contributed by atoms with Gasteiger partial charge in [-0.05, 0) is 18.9 Å². The zero-order chi connectivity index (χ0) is 13.7. The molecule has 1 unspecified atom stereocenters. The van der Waals surface area contributed by atoms with Gasteiger partial charge in [-0.25, -0.2) is 0 Å². The second-order valence-electron chi connectivity index (χ2n) is 4.90. The third-order valence-electron chi connectivity index (χ3n) is 3.35. The van der Waals surface area contributed by atoms with E-state index in [9.17, 15) is 9.59 Å². The van der Waals surface area contributed by atoms with Crippen molar-refractivity contribution < 1.29 is 9.59 Å². The van der Waals surface area contributed by atoms with Crippen molar-refractivity contribution in [1.29, 1.82) is 0 Å². The monoisotopic (exact) mass is 254 g/mol. The van der Waals surface area contributed by atoms with Gasteiger partial charge in [0.25, 0.3) is 0 Å². The zero-order valence-electron chi connectivity index (χ0n) is 11.1. The molecule has 0 spiro atoms. The zero-order valence-corrected chi connectivity index (χ0v) is 11.1. The van der Waals surface area contributed by atoms with Crippen LogP contribution in [0.1, 0.15) is 48.0 Å². The van der Waals surface area contributed by atoms with E-state index in [2.05, 4.69) is 24.3 Å². The molecule has 1 aromatic rings. The van der Waals surface area contributed by atoms with Crippen molar-refractivity contribution in [2.24, 2.45) is 0 Å². The third kappa shape index (κ3) is 3.75. The first-order chi connectivity index (χ1) is 9.16. The normalized spacial score (nSPS) is 17.4. The molecule has 0 N–H and O–H groups in total. The number of carbonyl (C=O) groups excluding carboxylic acids is 2. The molecule has 0 amide bonds. The number of benzene rings is 1. The first kappa shape index (κ1) is 13.5. The Hall–Kier alpha value is -1.96. The van der Waals surface area contributed by atoms with Crippen molar-refractivity contribution in [1.82, 2.24) is 0 Å². The molecule has 0 radical (unpaired) electrons. The van der Waals surface area contributed by atoms with Gasteiger partial charge in [-0.3, -0.25) is 4.79 Å². The van der Waals surface area contributed by atoms with E-state index in [1.54, 1.807) is 0 Å². The Kier molecular flexibility index (Phi) is 4.45. The Morgan fingerprint density at radius 3 is 2.42 bits per heavy atom. The molecule has 0 aliphatic heterocycles. The number of rotatable bonds is 5. The number of carbonyl (C=O) groups is 2. The lowest BCUT2D eigenvalue weighted by Crippen LogP contribution is -2.03. The molecule has 19 heavy (non-hydrogen) atoms. The maximum atomic E-state index is 11.9. The minimum Gasteiger partial charge on any atom is -0.300 e. The number of Topliss-reactive ketones (excluding diaryl/α,β-unsaturated/α-hetero) is 2. The lowest BCUT2D eigenvalue weighted by Gasteiger charge is -2.13. The summed E-state index contributed by atoms with van der Waals surface area (Å²) in [7, 11) is 0. The van der Waals surface area contributed by atoms with Crippen LogP contribution in [-0.2, 0) is 4.79 Å². The summed E-state index contributed by atoms with van der Waals surface area (Å²) in [5, 5.41) is 0. The van der Waals surface area contributed by atoms with Gasteiger partial charge in [-0.2, -0.15) is 0 Å². The predicted octanol–water partition coefficient (Wildman–Crippen LogP) is 3.84. The molecule has 2 heteroatoms. The molecule has 0 saturated heterocycles. The van der Waals surface area contributed by atoms with E-state index in [0.717, 1.165) is 6.42 Å². The highest BCUT2D eigenvalue weighted by atomic mass is 16.1. The summed E-state index contributed by atoms with van der Waals surface area (Å²) in [6, 6.07) is 7.75. The fourth-order valence-electron chi connectivity index (χ4n) is 2.18. The number of hydrogen-bond acceptors (Lipinski definition) is 2. The smallest absolute Gasteiger partial charge is 0.163 e. The Balaban J connectivity index is 2.01. The van der Waals surface area contributed by atoms with E-state index in [4.69, 9.17) is 0 Å². The summed E-state index contributed by atoms with van der Waals surface area (Å²) < 4.78 is 0. The molecule has 2 nitrogen and oxygen atoms in total. The molecular weight excluding hydrogens is 236 g/mol. The summed E-state index contributed by atoms with van der Waals surface area (Å²) >= 11 is 0. The van der Waals surface area contributed by atoms with Crippen LogP contribution in [-0.4, -0.2) is 11.6 Å². The largest absolute Gasteiger partial charge is 0.300 e. The van der Waals surface area contributed by atoms with E-state index in [-0.39, 0.29) is 11.6 Å². The Morgan fingerprint density at radius 1 is 1.11 bits per heavy atom. The van der Waals surface area contributed by atoms with Crippen molar-refractivity contribution in [3.05, 3.63) is 59.7 Å². The summed E-state index contributed by atoms with van der Waals surface area (Å²) in [5.74, 6) is 0.510. The quantitative estimate of drug-likeness (QED) is 0.748. The van der Waals surface area contributed by atoms with Gasteiger partial charge in [-0.1, -0.05) is 48.6 Å². The van der Waals surface area contributed by atoms with Crippen LogP contribution in [0.3, 0.4) is 0 Å². The van der Waals surface area contributed by atoms with Crippen molar-refractivity contribution >= 4 is 11.6 Å². The van der Waals surface area contributed by atoms with E-state index >= 15 is 0 Å². The molecule has 0 saturated carbocycles. The number of hydrogen-bond donors (Lipinski definition) is 0. The van der Waals surface area contributed by atoms with Crippen molar-refractivity contribution in [3.8, 4) is 0 Å². The van der Waals surface area contributed by atoms with Gasteiger partial charge >= 0.3 is 0 Å². The van der Waals surface area contributed by atoms with Crippen molar-refractivity contribution in [2.45, 2.75) is 32.1 Å². The van der Waals surface area contributed by atoms with Crippen LogP contribution in [0.5, 0.6) is 0 Å². The Bertz CT molecular complexity index is 521. The predicted molar refractivity (Wildman–Crippen MR) is 76.3 cm³/mol. The molecule has 1 aliphatic carbocycles. The number of allylic oxidation sites excluding steroid dienone is 4. The summed E-state index contributed by atoms with van der Waals surface area (Å²) in [4.78, 5) is 22.7. The second kappa shape index (κ2) is 6.28. The van der Waals surface area contributed by atoms with E-state index in [1.807, 2.05) is 24.3 Å². The van der Waals surface area contributed by atoms with Crippen LogP contribution in [0.25, 0.3) is 0 Å². The molecule has 1 aliphatic rings. The Labute approximate surface area is 113 Å². The molecule has 1 aromatic carbocycles. The number of ketones is 2. The van der Waals surface area contributed by atoms with Gasteiger partial charge in [0.1, 0.15) is 5.78 Å². The van der Waals surface area contributed by atoms with Crippen LogP contribution >= 0.6 is 0 Å². The van der Waals surface area contributed by atoms with Gasteiger partial charge in [0.15, 0.2) is 5.78 Å². The maximum absolute atomic E-state index is 11.9. The molecule has 0 heterocycles. The lowest BCUT2D eigenvalue weighted by molar-refractivity contribution is -0.116. The van der Waals surface area contributed by atoms with Gasteiger partial charge in [0.05, 0.1) is 0 Å². The first-order valence-electron chi connectivity index (χ1n) is 6.63. The summed E-state index contributed by atoms with van der Waals surface area (Å²) in [5.41, 5.74) is 1.92. The van der Waals surface area contributed by atoms with Gasteiger partial charge in [0.2, 0.25) is 0 Å². The average molecular weight is 254 g/mol. The highest BCUT2D eigenvalue weighted by Crippen LogP contribution is 2.24. The van der Waals surface area contributed by atoms with Crippen LogP contribution in [0, 0.1) is 0 Å². The van der Waals surface area contributed by atoms with Crippen molar-refractivity contribution in [3.63, 3.8) is 0 Å². The SMILES string of the molecule is CC(=O)CCC(=O)c1ccc(C2C=CC=CC2)cc1. The first-order valence-corrected chi connectivity index (χ1v) is 6.63. The molecule has 1 atom stereocenters. The minimum absolute atomic E-state index is 0.0424. The molecule has 0 bridgehead atoms. The highest BCUT2D eigenvalue weighted by molar-refractivity contribution is 5.97. The van der Waals surface area contributed by atoms with Crippen LogP contribution in [0.4, 0.5) is 0 Å². The topological polar surface area (TPSA) is 34.1 Å². The van der Waals surface area contributed by atoms with Crippen molar-refractivity contribution in [2.75, 3.05) is 0 Å². The second-order valence-corrected chi connectivity index (χ2v) is 4.90. The average Bonchev–Trinajstić information content (AvgIpc) is 2.46. The maximum Gasteiger partial charge on any atom is 0.163 e. The molecule has 0 aromatic heterocycles. The summed E-state index contributed by atoms with van der Waals surface area (Å²) in [6.45, 7) is 1.51. The van der Waals surface area contributed by atoms with Gasteiger partial charge in [0, 0.05) is 24.3 Å². The molecule has 98 valence electrons. The standard InChI is InChI=1S/C17H18O2/c1-13(18)7-12-17(19)16-10-8-15(9-11-16)14-5-3-2-4-6-14/h2-5,8-11,14H,6-7,12H2,1H3. The van der Waals surface area contributed by atoms with Gasteiger partial charge < -0.3 is 4.79 Å². The molecular formula is C17H18O2. The van der Waals surface area contributed by atoms with Gasteiger partial charge in [-0.15, -0.1) is 0 Å². The van der Waals surface area contributed by atoms with Crippen LogP contribution in [0.2, 0.25) is 0 Å². The fraction of sp³-hybridized carbons (Fsp3) is 0.294. The summed E-state index contributed by atoms with van der Waals surface area (Å²) in [6.07, 6.45) is 10.1. The molecule has 2 rings (SSSR count). The molecule has 0 fully saturated rings. The van der Waals surface area contributed by atoms with E-state index < -0.39 is 0 Å². The third-order valence-corrected chi connectivity index (χ3v) is 3.35. The highest BCUT2D eigenvalue weighted by Gasteiger charge is 2.10. The lowest BCUT2D eigenvalue weighted by atomic mass is 9.91. The minimum atomic E-state index is 0.0424.